The molecule has 17 heavy (non-hydrogen) atoms. The first-order valence-electron chi connectivity index (χ1n) is 6.02. The largest absolute Gasteiger partial charge is 0.480 e. The number of hydrogen-bond donors (Lipinski definition) is 1. The SMILES string of the molecule is CS(=O)(=O)CCCN(CC(=O)O)C1CCCC1. The zero-order valence-corrected chi connectivity index (χ0v) is 11.1. The maximum absolute atomic E-state index is 11.0. The fourth-order valence-electron chi connectivity index (χ4n) is 2.36. The van der Waals surface area contributed by atoms with Gasteiger partial charge in [0.05, 0.1) is 12.3 Å². The summed E-state index contributed by atoms with van der Waals surface area (Å²) in [4.78, 5) is 12.7. The highest BCUT2D eigenvalue weighted by molar-refractivity contribution is 7.90. The van der Waals surface area contributed by atoms with Crippen molar-refractivity contribution in [1.29, 1.82) is 0 Å². The lowest BCUT2D eigenvalue weighted by atomic mass is 10.2. The van der Waals surface area contributed by atoms with E-state index >= 15 is 0 Å². The van der Waals surface area contributed by atoms with Gasteiger partial charge in [-0.1, -0.05) is 12.8 Å². The Kier molecular flexibility index (Phi) is 5.39. The Morgan fingerprint density at radius 3 is 2.41 bits per heavy atom. The van der Waals surface area contributed by atoms with Crippen LogP contribution in [-0.4, -0.2) is 55.5 Å². The summed E-state index contributed by atoms with van der Waals surface area (Å²) in [5, 5.41) is 8.84. The summed E-state index contributed by atoms with van der Waals surface area (Å²) < 4.78 is 22.0. The van der Waals surface area contributed by atoms with Crippen molar-refractivity contribution in [3.05, 3.63) is 0 Å². The highest BCUT2D eigenvalue weighted by atomic mass is 32.2. The van der Waals surface area contributed by atoms with E-state index in [9.17, 15) is 13.2 Å². The number of nitrogens with zero attached hydrogens (tertiary/aromatic N) is 1. The van der Waals surface area contributed by atoms with Gasteiger partial charge in [0.25, 0.3) is 0 Å². The molecule has 1 aliphatic rings. The summed E-state index contributed by atoms with van der Waals surface area (Å²) in [6, 6.07) is 0.325. The Hall–Kier alpha value is -0.620. The molecule has 1 aliphatic carbocycles. The first-order chi connectivity index (χ1) is 7.88. The summed E-state index contributed by atoms with van der Waals surface area (Å²) in [7, 11) is -2.95. The first kappa shape index (κ1) is 14.4. The maximum atomic E-state index is 11.0. The van der Waals surface area contributed by atoms with Crippen LogP contribution in [0.3, 0.4) is 0 Å². The average Bonchev–Trinajstić information content (AvgIpc) is 2.66. The lowest BCUT2D eigenvalue weighted by molar-refractivity contribution is -0.138. The summed E-state index contributed by atoms with van der Waals surface area (Å²) >= 11 is 0. The first-order valence-corrected chi connectivity index (χ1v) is 8.08. The maximum Gasteiger partial charge on any atom is 0.317 e. The number of aliphatic carboxylic acids is 1. The van der Waals surface area contributed by atoms with Crippen LogP contribution >= 0.6 is 0 Å². The molecule has 0 amide bonds. The molecule has 0 unspecified atom stereocenters. The summed E-state index contributed by atoms with van der Waals surface area (Å²) in [5.41, 5.74) is 0. The van der Waals surface area contributed by atoms with Gasteiger partial charge in [-0.2, -0.15) is 0 Å². The third-order valence-electron chi connectivity index (χ3n) is 3.14. The van der Waals surface area contributed by atoms with Gasteiger partial charge in [-0.3, -0.25) is 9.69 Å². The molecule has 0 saturated heterocycles. The molecule has 0 atom stereocenters. The van der Waals surface area contributed by atoms with Crippen LogP contribution in [0.5, 0.6) is 0 Å². The Labute approximate surface area is 103 Å². The third-order valence-corrected chi connectivity index (χ3v) is 4.17. The Morgan fingerprint density at radius 1 is 1.35 bits per heavy atom. The normalized spacial score (nSPS) is 17.8. The van der Waals surface area contributed by atoms with Gasteiger partial charge in [-0.05, 0) is 25.8 Å². The number of hydrogen-bond acceptors (Lipinski definition) is 4. The quantitative estimate of drug-likeness (QED) is 0.733. The molecule has 5 nitrogen and oxygen atoms in total. The summed E-state index contributed by atoms with van der Waals surface area (Å²) in [5.74, 6) is -0.702. The third kappa shape index (κ3) is 6.02. The van der Waals surface area contributed by atoms with Gasteiger partial charge in [0, 0.05) is 12.3 Å². The lowest BCUT2D eigenvalue weighted by Gasteiger charge is -2.26. The van der Waals surface area contributed by atoms with Crippen molar-refractivity contribution >= 4 is 15.8 Å². The molecule has 1 rings (SSSR count). The van der Waals surface area contributed by atoms with Gasteiger partial charge in [0.1, 0.15) is 9.84 Å². The van der Waals surface area contributed by atoms with Crippen LogP contribution in [0, 0.1) is 0 Å². The van der Waals surface area contributed by atoms with Crippen LogP contribution in [0.4, 0.5) is 0 Å². The number of rotatable bonds is 7. The number of carbonyl (C=O) groups is 1. The second-order valence-electron chi connectivity index (χ2n) is 4.79. The molecule has 0 heterocycles. The van der Waals surface area contributed by atoms with Crippen molar-refractivity contribution in [2.24, 2.45) is 0 Å². The van der Waals surface area contributed by atoms with Crippen molar-refractivity contribution < 1.29 is 18.3 Å². The van der Waals surface area contributed by atoms with E-state index in [4.69, 9.17) is 5.11 Å². The zero-order valence-electron chi connectivity index (χ0n) is 10.3. The number of carboxylic acids is 1. The molecule has 0 aromatic carbocycles. The topological polar surface area (TPSA) is 74.7 Å². The van der Waals surface area contributed by atoms with E-state index in [-0.39, 0.29) is 12.3 Å². The number of sulfone groups is 1. The van der Waals surface area contributed by atoms with E-state index in [2.05, 4.69) is 0 Å². The predicted octanol–water partition coefficient (Wildman–Crippen LogP) is 0.750. The molecule has 100 valence electrons. The smallest absolute Gasteiger partial charge is 0.317 e. The Morgan fingerprint density at radius 2 is 1.94 bits per heavy atom. The summed E-state index contributed by atoms with van der Waals surface area (Å²) in [6.07, 6.45) is 6.09. The van der Waals surface area contributed by atoms with Crippen LogP contribution in [0.15, 0.2) is 0 Å². The van der Waals surface area contributed by atoms with Gasteiger partial charge >= 0.3 is 5.97 Å². The van der Waals surface area contributed by atoms with Crippen LogP contribution < -0.4 is 0 Å². The van der Waals surface area contributed by atoms with Gasteiger partial charge < -0.3 is 5.11 Å². The monoisotopic (exact) mass is 263 g/mol. The zero-order chi connectivity index (χ0) is 12.9. The minimum absolute atomic E-state index is 0.0223. The van der Waals surface area contributed by atoms with E-state index in [1.807, 2.05) is 4.90 Å². The molecule has 0 bridgehead atoms. The minimum atomic E-state index is -2.95. The van der Waals surface area contributed by atoms with E-state index in [0.29, 0.717) is 19.0 Å². The minimum Gasteiger partial charge on any atom is -0.480 e. The van der Waals surface area contributed by atoms with E-state index < -0.39 is 15.8 Å². The van der Waals surface area contributed by atoms with Crippen molar-refractivity contribution in [2.45, 2.75) is 38.1 Å². The van der Waals surface area contributed by atoms with Gasteiger partial charge in [-0.25, -0.2) is 8.42 Å². The van der Waals surface area contributed by atoms with Crippen molar-refractivity contribution in [1.82, 2.24) is 4.90 Å². The van der Waals surface area contributed by atoms with Crippen molar-refractivity contribution in [2.75, 3.05) is 25.1 Å². The molecule has 0 aliphatic heterocycles. The van der Waals surface area contributed by atoms with Gasteiger partial charge in [-0.15, -0.1) is 0 Å². The van der Waals surface area contributed by atoms with Crippen molar-refractivity contribution in [3.8, 4) is 0 Å². The molecule has 0 spiro atoms. The second-order valence-corrected chi connectivity index (χ2v) is 7.05. The lowest BCUT2D eigenvalue weighted by Crippen LogP contribution is -2.38. The molecule has 0 aromatic heterocycles. The molecule has 1 fully saturated rings. The van der Waals surface area contributed by atoms with E-state index in [1.54, 1.807) is 0 Å². The highest BCUT2D eigenvalue weighted by Crippen LogP contribution is 2.23. The molecule has 1 N–H and O–H groups in total. The van der Waals surface area contributed by atoms with Gasteiger partial charge in [0.15, 0.2) is 0 Å². The van der Waals surface area contributed by atoms with Crippen LogP contribution in [0.1, 0.15) is 32.1 Å². The molecule has 6 heteroatoms. The standard InChI is InChI=1S/C11H21NO4S/c1-17(15,16)8-4-7-12(9-11(13)14)10-5-2-3-6-10/h10H,2-9H2,1H3,(H,13,14). The van der Waals surface area contributed by atoms with E-state index in [1.165, 1.54) is 6.26 Å². The molecule has 1 saturated carbocycles. The Balaban J connectivity index is 2.42. The second kappa shape index (κ2) is 6.35. The van der Waals surface area contributed by atoms with E-state index in [0.717, 1.165) is 25.7 Å². The van der Waals surface area contributed by atoms with Crippen LogP contribution in [0.2, 0.25) is 0 Å². The van der Waals surface area contributed by atoms with Crippen LogP contribution in [0.25, 0.3) is 0 Å². The number of carboxylic acid groups (broad SMARTS) is 1. The summed E-state index contributed by atoms with van der Waals surface area (Å²) in [6.45, 7) is 0.582. The molecule has 0 aromatic rings. The Bertz CT molecular complexity index is 346. The van der Waals surface area contributed by atoms with Crippen LogP contribution in [-0.2, 0) is 14.6 Å². The predicted molar refractivity (Wildman–Crippen MR) is 65.8 cm³/mol. The molecule has 0 radical (unpaired) electrons. The fraction of sp³-hybridized carbons (Fsp3) is 0.909. The fourth-order valence-corrected chi connectivity index (χ4v) is 3.02. The molecular weight excluding hydrogens is 242 g/mol. The molecular formula is C11H21NO4S. The van der Waals surface area contributed by atoms with Gasteiger partial charge in [0.2, 0.25) is 0 Å². The average molecular weight is 263 g/mol. The highest BCUT2D eigenvalue weighted by Gasteiger charge is 2.24. The van der Waals surface area contributed by atoms with Crippen molar-refractivity contribution in [3.63, 3.8) is 0 Å².